The van der Waals surface area contributed by atoms with Crippen molar-refractivity contribution in [1.29, 1.82) is 0 Å². The first-order valence-electron chi connectivity index (χ1n) is 6.72. The van der Waals surface area contributed by atoms with Gasteiger partial charge in [-0.3, -0.25) is 0 Å². The highest BCUT2D eigenvalue weighted by Gasteiger charge is 2.20. The first-order chi connectivity index (χ1) is 8.63. The normalized spacial score (nSPS) is 16.7. The zero-order valence-electron chi connectivity index (χ0n) is 11.2. The molecule has 0 radical (unpaired) electrons. The fourth-order valence-corrected chi connectivity index (χ4v) is 3.16. The number of halogens is 1. The van der Waals surface area contributed by atoms with Crippen LogP contribution in [0.5, 0.6) is 0 Å². The lowest BCUT2D eigenvalue weighted by molar-refractivity contribution is 0.211. The molecule has 0 aromatic heterocycles. The van der Waals surface area contributed by atoms with E-state index in [0.29, 0.717) is 0 Å². The molecule has 0 amide bonds. The first-order valence-corrected chi connectivity index (χ1v) is 7.09. The Hall–Kier alpha value is -0.570. The predicted molar refractivity (Wildman–Crippen MR) is 76.2 cm³/mol. The van der Waals surface area contributed by atoms with E-state index in [-0.39, 0.29) is 12.6 Å². The molecule has 0 spiro atoms. The number of aliphatic hydroxyl groups excluding tert-OH is 1. The van der Waals surface area contributed by atoms with Crippen LogP contribution in [0.1, 0.15) is 42.0 Å². The number of hydrogen-bond donors (Lipinski definition) is 1. The van der Waals surface area contributed by atoms with E-state index in [1.165, 1.54) is 30.4 Å². The van der Waals surface area contributed by atoms with Gasteiger partial charge >= 0.3 is 0 Å². The van der Waals surface area contributed by atoms with Crippen molar-refractivity contribution in [2.45, 2.75) is 38.1 Å². The average molecular weight is 268 g/mol. The molecule has 1 aromatic carbocycles. The third-order valence-corrected chi connectivity index (χ3v) is 4.17. The van der Waals surface area contributed by atoms with E-state index in [9.17, 15) is 5.11 Å². The predicted octanol–water partition coefficient (Wildman–Crippen LogP) is 3.20. The Morgan fingerprint density at radius 2 is 1.83 bits per heavy atom. The maximum Gasteiger partial charge on any atom is 0.0456 e. The molecule has 0 saturated heterocycles. The van der Waals surface area contributed by atoms with Gasteiger partial charge in [0, 0.05) is 17.7 Å². The third kappa shape index (κ3) is 2.87. The Kier molecular flexibility index (Phi) is 4.66. The molecular weight excluding hydrogens is 246 g/mol. The number of rotatable bonds is 4. The van der Waals surface area contributed by atoms with Crippen molar-refractivity contribution >= 4 is 11.6 Å². The van der Waals surface area contributed by atoms with Gasteiger partial charge in [0.1, 0.15) is 0 Å². The summed E-state index contributed by atoms with van der Waals surface area (Å²) in [6.45, 7) is 0.191. The number of hydrogen-bond acceptors (Lipinski definition) is 2. The fraction of sp³-hybridized carbons (Fsp3) is 0.600. The van der Waals surface area contributed by atoms with Crippen LogP contribution in [0.3, 0.4) is 0 Å². The van der Waals surface area contributed by atoms with Gasteiger partial charge in [0.25, 0.3) is 0 Å². The molecule has 0 heterocycles. The molecule has 0 bridgehead atoms. The zero-order chi connectivity index (χ0) is 13.1. The topological polar surface area (TPSA) is 23.5 Å². The zero-order valence-corrected chi connectivity index (χ0v) is 12.0. The van der Waals surface area contributed by atoms with Gasteiger partial charge in [-0.1, -0.05) is 17.7 Å². The van der Waals surface area contributed by atoms with E-state index in [4.69, 9.17) is 11.6 Å². The molecule has 0 saturated carbocycles. The monoisotopic (exact) mass is 267 g/mol. The SMILES string of the molecule is CN(C)C(CCO)c1cc2c(cc1Cl)CCCC2. The summed E-state index contributed by atoms with van der Waals surface area (Å²) in [6.07, 6.45) is 5.60. The molecule has 1 N–H and O–H groups in total. The minimum absolute atomic E-state index is 0.191. The standard InChI is InChI=1S/C15H22ClNO/c1-17(2)15(7-8-18)13-9-11-5-3-4-6-12(11)10-14(13)16/h9-10,15,18H,3-8H2,1-2H3. The van der Waals surface area contributed by atoms with Gasteiger partial charge in [-0.05, 0) is 69.0 Å². The molecule has 1 aromatic rings. The van der Waals surface area contributed by atoms with E-state index in [1.807, 2.05) is 14.1 Å². The molecule has 2 rings (SSSR count). The van der Waals surface area contributed by atoms with Gasteiger partial charge in [-0.2, -0.15) is 0 Å². The Morgan fingerprint density at radius 1 is 1.22 bits per heavy atom. The van der Waals surface area contributed by atoms with Crippen LogP contribution in [0.25, 0.3) is 0 Å². The summed E-state index contributed by atoms with van der Waals surface area (Å²) in [5.74, 6) is 0. The molecule has 1 atom stereocenters. The van der Waals surface area contributed by atoms with Gasteiger partial charge in [0.05, 0.1) is 0 Å². The van der Waals surface area contributed by atoms with Gasteiger partial charge in [-0.15, -0.1) is 0 Å². The molecule has 1 aliphatic rings. The van der Waals surface area contributed by atoms with Crippen molar-refractivity contribution < 1.29 is 5.11 Å². The van der Waals surface area contributed by atoms with Crippen molar-refractivity contribution in [3.8, 4) is 0 Å². The smallest absolute Gasteiger partial charge is 0.0456 e. The van der Waals surface area contributed by atoms with Crippen LogP contribution in [-0.2, 0) is 12.8 Å². The van der Waals surface area contributed by atoms with E-state index in [1.54, 1.807) is 0 Å². The summed E-state index contributed by atoms with van der Waals surface area (Å²) in [6, 6.07) is 4.60. The molecule has 0 fully saturated rings. The fourth-order valence-electron chi connectivity index (χ4n) is 2.84. The molecule has 2 nitrogen and oxygen atoms in total. The summed E-state index contributed by atoms with van der Waals surface area (Å²) in [5.41, 5.74) is 4.03. The lowest BCUT2D eigenvalue weighted by atomic mass is 9.88. The molecule has 1 unspecified atom stereocenters. The van der Waals surface area contributed by atoms with E-state index in [2.05, 4.69) is 17.0 Å². The Morgan fingerprint density at radius 3 is 2.39 bits per heavy atom. The molecule has 100 valence electrons. The third-order valence-electron chi connectivity index (χ3n) is 3.85. The van der Waals surface area contributed by atoms with Crippen molar-refractivity contribution in [2.24, 2.45) is 0 Å². The van der Waals surface area contributed by atoms with E-state index in [0.717, 1.165) is 23.4 Å². The summed E-state index contributed by atoms with van der Waals surface area (Å²) in [4.78, 5) is 2.13. The number of fused-ring (bicyclic) bond motifs is 1. The maximum absolute atomic E-state index is 9.21. The van der Waals surface area contributed by atoms with Crippen LogP contribution in [0, 0.1) is 0 Å². The minimum Gasteiger partial charge on any atom is -0.396 e. The second-order valence-corrected chi connectivity index (χ2v) is 5.75. The summed E-state index contributed by atoms with van der Waals surface area (Å²) in [7, 11) is 4.08. The Labute approximate surface area is 115 Å². The van der Waals surface area contributed by atoms with Crippen LogP contribution in [0.2, 0.25) is 5.02 Å². The summed E-state index contributed by atoms with van der Waals surface area (Å²) in [5, 5.41) is 10.1. The van der Waals surface area contributed by atoms with Crippen LogP contribution in [0.15, 0.2) is 12.1 Å². The molecular formula is C15H22ClNO. The lowest BCUT2D eigenvalue weighted by Crippen LogP contribution is -2.22. The van der Waals surface area contributed by atoms with Gasteiger partial charge < -0.3 is 10.0 Å². The number of benzene rings is 1. The van der Waals surface area contributed by atoms with E-state index >= 15 is 0 Å². The minimum atomic E-state index is 0.191. The largest absolute Gasteiger partial charge is 0.396 e. The van der Waals surface area contributed by atoms with E-state index < -0.39 is 0 Å². The molecule has 18 heavy (non-hydrogen) atoms. The van der Waals surface area contributed by atoms with Crippen molar-refractivity contribution in [3.63, 3.8) is 0 Å². The second kappa shape index (κ2) is 6.05. The quantitative estimate of drug-likeness (QED) is 0.906. The number of nitrogens with zero attached hydrogens (tertiary/aromatic N) is 1. The van der Waals surface area contributed by atoms with Crippen molar-refractivity contribution in [2.75, 3.05) is 20.7 Å². The summed E-state index contributed by atoms with van der Waals surface area (Å²) >= 11 is 6.43. The summed E-state index contributed by atoms with van der Waals surface area (Å²) < 4.78 is 0. The van der Waals surface area contributed by atoms with Gasteiger partial charge in [0.15, 0.2) is 0 Å². The molecule has 0 aliphatic heterocycles. The van der Waals surface area contributed by atoms with Crippen molar-refractivity contribution in [3.05, 3.63) is 33.8 Å². The van der Waals surface area contributed by atoms with Gasteiger partial charge in [0.2, 0.25) is 0 Å². The second-order valence-electron chi connectivity index (χ2n) is 5.34. The first kappa shape index (κ1) is 13.9. The van der Waals surface area contributed by atoms with Crippen LogP contribution in [-0.4, -0.2) is 30.7 Å². The highest BCUT2D eigenvalue weighted by Crippen LogP contribution is 2.33. The average Bonchev–Trinajstić information content (AvgIpc) is 2.35. The van der Waals surface area contributed by atoms with Gasteiger partial charge in [-0.25, -0.2) is 0 Å². The molecule has 3 heteroatoms. The highest BCUT2D eigenvalue weighted by molar-refractivity contribution is 6.31. The highest BCUT2D eigenvalue weighted by atomic mass is 35.5. The Bertz CT molecular complexity index is 417. The van der Waals surface area contributed by atoms with Crippen molar-refractivity contribution in [1.82, 2.24) is 4.90 Å². The maximum atomic E-state index is 9.21. The van der Waals surface area contributed by atoms with Crippen LogP contribution < -0.4 is 0 Å². The molecule has 1 aliphatic carbocycles. The van der Waals surface area contributed by atoms with Crippen LogP contribution >= 0.6 is 11.6 Å². The number of aryl methyl sites for hydroxylation is 2. The Balaban J connectivity index is 2.36. The van der Waals surface area contributed by atoms with Crippen LogP contribution in [0.4, 0.5) is 0 Å². The lowest BCUT2D eigenvalue weighted by Gasteiger charge is -2.27. The number of aliphatic hydroxyl groups is 1.